The molecule has 0 amide bonds. The number of nitrogens with zero attached hydrogens (tertiary/aromatic N) is 3. The number of aromatic nitrogens is 2. The van der Waals surface area contributed by atoms with Crippen molar-refractivity contribution >= 4 is 0 Å². The Balaban J connectivity index is 1.72. The van der Waals surface area contributed by atoms with Crippen LogP contribution in [0.4, 0.5) is 0 Å². The largest absolute Gasteiger partial charge is 0.462 e. The van der Waals surface area contributed by atoms with Crippen LogP contribution in [-0.2, 0) is 17.9 Å². The Morgan fingerprint density at radius 3 is 2.95 bits per heavy atom. The van der Waals surface area contributed by atoms with Crippen LogP contribution in [0.5, 0.6) is 0 Å². The molecular formula is C14H19N3O4. The van der Waals surface area contributed by atoms with E-state index in [4.69, 9.17) is 13.7 Å². The van der Waals surface area contributed by atoms with E-state index in [2.05, 4.69) is 15.0 Å². The molecule has 7 heteroatoms. The Morgan fingerprint density at radius 2 is 2.24 bits per heavy atom. The molecule has 1 aliphatic heterocycles. The number of aryl methyl sites for hydroxylation is 1. The molecule has 0 aliphatic carbocycles. The van der Waals surface area contributed by atoms with Gasteiger partial charge in [-0.3, -0.25) is 4.90 Å². The summed E-state index contributed by atoms with van der Waals surface area (Å²) in [6, 6.07) is 3.75. The fraction of sp³-hybridized carbons (Fsp3) is 0.571. The predicted molar refractivity (Wildman–Crippen MR) is 72.2 cm³/mol. The molecule has 2 aromatic heterocycles. The number of methoxy groups -OCH3 is 1. The number of hydrogen-bond donors (Lipinski definition) is 1. The third kappa shape index (κ3) is 3.15. The first-order chi connectivity index (χ1) is 10.2. The maximum atomic E-state index is 9.92. The van der Waals surface area contributed by atoms with Crippen LogP contribution in [0.3, 0.4) is 0 Å². The highest BCUT2D eigenvalue weighted by molar-refractivity contribution is 5.08. The summed E-state index contributed by atoms with van der Waals surface area (Å²) in [5, 5.41) is 13.7. The van der Waals surface area contributed by atoms with Gasteiger partial charge < -0.3 is 18.8 Å². The molecule has 0 saturated carbocycles. The van der Waals surface area contributed by atoms with Crippen LogP contribution in [0.15, 0.2) is 21.1 Å². The highest BCUT2D eigenvalue weighted by Crippen LogP contribution is 2.32. The summed E-state index contributed by atoms with van der Waals surface area (Å²) in [5.74, 6) is 2.77. The summed E-state index contributed by atoms with van der Waals surface area (Å²) < 4.78 is 16.0. The van der Waals surface area contributed by atoms with Gasteiger partial charge in [0.15, 0.2) is 5.82 Å². The zero-order chi connectivity index (χ0) is 14.8. The maximum Gasteiger partial charge on any atom is 0.244 e. The minimum absolute atomic E-state index is 0.0721. The molecule has 7 nitrogen and oxygen atoms in total. The first kappa shape index (κ1) is 14.2. The predicted octanol–water partition coefficient (Wildman–Crippen LogP) is 1.43. The molecule has 1 N–H and O–H groups in total. The van der Waals surface area contributed by atoms with Crippen LogP contribution < -0.4 is 0 Å². The molecule has 114 valence electrons. The van der Waals surface area contributed by atoms with Crippen molar-refractivity contribution in [1.82, 2.24) is 15.0 Å². The van der Waals surface area contributed by atoms with Crippen LogP contribution in [0.1, 0.15) is 35.7 Å². The van der Waals surface area contributed by atoms with E-state index in [1.165, 1.54) is 0 Å². The molecule has 2 atom stereocenters. The summed E-state index contributed by atoms with van der Waals surface area (Å²) in [4.78, 5) is 6.36. The van der Waals surface area contributed by atoms with E-state index in [0.717, 1.165) is 11.5 Å². The van der Waals surface area contributed by atoms with Crippen molar-refractivity contribution in [1.29, 1.82) is 0 Å². The van der Waals surface area contributed by atoms with Gasteiger partial charge in [0.1, 0.15) is 18.1 Å². The number of likely N-dealkylation sites (tertiary alicyclic amines) is 1. The van der Waals surface area contributed by atoms with Gasteiger partial charge in [-0.1, -0.05) is 5.16 Å². The Bertz CT molecular complexity index is 595. The molecule has 1 saturated heterocycles. The second-order valence-electron chi connectivity index (χ2n) is 5.32. The molecule has 0 unspecified atom stereocenters. The molecule has 1 fully saturated rings. The Morgan fingerprint density at radius 1 is 1.43 bits per heavy atom. The molecule has 0 aromatic carbocycles. The van der Waals surface area contributed by atoms with Gasteiger partial charge in [0.2, 0.25) is 5.89 Å². The van der Waals surface area contributed by atoms with Gasteiger partial charge in [-0.05, 0) is 25.5 Å². The standard InChI is InChI=1S/C14H19N3O4/c1-9-15-14(21-16-9)13-5-10(18)6-17(13)7-11-3-4-12(20-11)8-19-2/h3-4,10,13,18H,5-8H2,1-2H3/t10-,13-/m1/s1. The Labute approximate surface area is 122 Å². The summed E-state index contributed by atoms with van der Waals surface area (Å²) >= 11 is 0. The summed E-state index contributed by atoms with van der Waals surface area (Å²) in [6.45, 7) is 3.39. The molecule has 2 aromatic rings. The first-order valence-corrected chi connectivity index (χ1v) is 6.94. The van der Waals surface area contributed by atoms with E-state index in [-0.39, 0.29) is 6.04 Å². The van der Waals surface area contributed by atoms with E-state index in [0.29, 0.717) is 37.8 Å². The van der Waals surface area contributed by atoms with E-state index >= 15 is 0 Å². The summed E-state index contributed by atoms with van der Waals surface area (Å²) in [5.41, 5.74) is 0. The topological polar surface area (TPSA) is 84.8 Å². The smallest absolute Gasteiger partial charge is 0.244 e. The van der Waals surface area contributed by atoms with Crippen LogP contribution >= 0.6 is 0 Å². The second kappa shape index (κ2) is 5.97. The normalized spacial score (nSPS) is 23.0. The van der Waals surface area contributed by atoms with Crippen molar-refractivity contribution < 1.29 is 18.8 Å². The number of aliphatic hydroxyl groups is 1. The van der Waals surface area contributed by atoms with Gasteiger partial charge in [-0.25, -0.2) is 0 Å². The quantitative estimate of drug-likeness (QED) is 0.892. The van der Waals surface area contributed by atoms with Crippen molar-refractivity contribution in [3.63, 3.8) is 0 Å². The second-order valence-corrected chi connectivity index (χ2v) is 5.32. The van der Waals surface area contributed by atoms with Gasteiger partial charge in [0.25, 0.3) is 0 Å². The van der Waals surface area contributed by atoms with Crippen molar-refractivity contribution in [3.8, 4) is 0 Å². The number of ether oxygens (including phenoxy) is 1. The molecule has 1 aliphatic rings. The molecule has 0 spiro atoms. The SMILES string of the molecule is COCc1ccc(CN2C[C@H](O)C[C@@H]2c2nc(C)no2)o1. The van der Waals surface area contributed by atoms with Crippen molar-refractivity contribution in [2.45, 2.75) is 38.6 Å². The minimum Gasteiger partial charge on any atom is -0.462 e. The third-order valence-electron chi connectivity index (χ3n) is 3.57. The molecule has 0 radical (unpaired) electrons. The average molecular weight is 293 g/mol. The maximum absolute atomic E-state index is 9.92. The van der Waals surface area contributed by atoms with Crippen LogP contribution in [0.2, 0.25) is 0 Å². The van der Waals surface area contributed by atoms with Crippen LogP contribution in [0, 0.1) is 6.92 Å². The molecule has 21 heavy (non-hydrogen) atoms. The van der Waals surface area contributed by atoms with Gasteiger partial charge >= 0.3 is 0 Å². The lowest BCUT2D eigenvalue weighted by Gasteiger charge is -2.19. The van der Waals surface area contributed by atoms with E-state index in [9.17, 15) is 5.11 Å². The van der Waals surface area contributed by atoms with E-state index < -0.39 is 6.10 Å². The van der Waals surface area contributed by atoms with Crippen molar-refractivity contribution in [3.05, 3.63) is 35.4 Å². The number of rotatable bonds is 5. The number of aliphatic hydroxyl groups excluding tert-OH is 1. The monoisotopic (exact) mass is 293 g/mol. The van der Waals surface area contributed by atoms with Gasteiger partial charge in [0, 0.05) is 13.7 Å². The zero-order valence-corrected chi connectivity index (χ0v) is 12.2. The fourth-order valence-electron chi connectivity index (χ4n) is 2.69. The fourth-order valence-corrected chi connectivity index (χ4v) is 2.69. The Kier molecular flexibility index (Phi) is 4.05. The number of hydrogen-bond acceptors (Lipinski definition) is 7. The number of furan rings is 1. The van der Waals surface area contributed by atoms with Gasteiger partial charge in [0.05, 0.1) is 18.7 Å². The summed E-state index contributed by atoms with van der Waals surface area (Å²) in [7, 11) is 1.63. The van der Waals surface area contributed by atoms with Gasteiger partial charge in [-0.15, -0.1) is 0 Å². The lowest BCUT2D eigenvalue weighted by atomic mass is 10.2. The van der Waals surface area contributed by atoms with Crippen molar-refractivity contribution in [2.24, 2.45) is 0 Å². The summed E-state index contributed by atoms with van der Waals surface area (Å²) in [6.07, 6.45) is 0.198. The molecule has 0 bridgehead atoms. The lowest BCUT2D eigenvalue weighted by molar-refractivity contribution is 0.149. The average Bonchev–Trinajstić information content (AvgIpc) is 3.12. The van der Waals surface area contributed by atoms with E-state index in [1.807, 2.05) is 12.1 Å². The van der Waals surface area contributed by atoms with Crippen molar-refractivity contribution in [2.75, 3.05) is 13.7 Å². The lowest BCUT2D eigenvalue weighted by Crippen LogP contribution is -2.24. The molecular weight excluding hydrogens is 274 g/mol. The van der Waals surface area contributed by atoms with Gasteiger partial charge in [-0.2, -0.15) is 4.98 Å². The Hall–Kier alpha value is -1.70. The third-order valence-corrected chi connectivity index (χ3v) is 3.57. The first-order valence-electron chi connectivity index (χ1n) is 6.94. The highest BCUT2D eigenvalue weighted by Gasteiger charge is 2.36. The minimum atomic E-state index is -0.393. The molecule has 3 rings (SSSR count). The highest BCUT2D eigenvalue weighted by atomic mass is 16.5. The number of β-amino-alcohol motifs (C(OH)–C–C–N with tert-alkyl or cyclic N) is 1. The molecule has 3 heterocycles. The van der Waals surface area contributed by atoms with Crippen LogP contribution in [-0.4, -0.2) is 39.9 Å². The zero-order valence-electron chi connectivity index (χ0n) is 12.2. The van der Waals surface area contributed by atoms with Crippen LogP contribution in [0.25, 0.3) is 0 Å². The van der Waals surface area contributed by atoms with E-state index in [1.54, 1.807) is 14.0 Å².